The molecule has 0 aromatic carbocycles. The Morgan fingerprint density at radius 1 is 0.867 bits per heavy atom. The van der Waals surface area contributed by atoms with Gasteiger partial charge in [0.05, 0.1) is 49.8 Å². The minimum atomic E-state index is -5.00. The number of aliphatic hydroxyl groups excluding tert-OH is 7. The zero-order chi connectivity index (χ0) is 44.3. The second kappa shape index (κ2) is 18.5. The molecule has 2 aliphatic heterocycles. The van der Waals surface area contributed by atoms with E-state index in [1.165, 1.54) is 14.2 Å². The summed E-state index contributed by atoms with van der Waals surface area (Å²) in [5.74, 6) is -2.38. The van der Waals surface area contributed by atoms with Gasteiger partial charge in [-0.2, -0.15) is 8.42 Å². The van der Waals surface area contributed by atoms with Crippen LogP contribution in [-0.2, 0) is 43.0 Å². The zero-order valence-electron chi connectivity index (χ0n) is 35.7. The predicted octanol–water partition coefficient (Wildman–Crippen LogP) is -0.0869. The number of hydrogen-bond donors (Lipinski definition) is 9. The molecule has 0 aromatic rings. The van der Waals surface area contributed by atoms with E-state index in [1.807, 2.05) is 26.8 Å². The highest BCUT2D eigenvalue weighted by molar-refractivity contribution is 7.80. The van der Waals surface area contributed by atoms with Crippen LogP contribution in [-0.4, -0.2) is 173 Å². The van der Waals surface area contributed by atoms with Crippen LogP contribution in [0, 0.1) is 52.3 Å². The largest absolute Gasteiger partial charge is 0.397 e. The van der Waals surface area contributed by atoms with Crippen molar-refractivity contribution in [1.82, 2.24) is 0 Å². The molecule has 0 spiro atoms. The quantitative estimate of drug-likeness (QED) is 0.0768. The molecule has 22 atom stereocenters. The van der Waals surface area contributed by atoms with Crippen molar-refractivity contribution in [2.75, 3.05) is 34.0 Å². The molecule has 0 aromatic heterocycles. The topological polar surface area (TPSA) is 281 Å². The van der Waals surface area contributed by atoms with E-state index in [4.69, 9.17) is 32.6 Å². The van der Waals surface area contributed by atoms with Crippen LogP contribution in [0.15, 0.2) is 12.2 Å². The van der Waals surface area contributed by atoms with Crippen molar-refractivity contribution in [1.29, 1.82) is 0 Å². The summed E-state index contributed by atoms with van der Waals surface area (Å²) in [6.45, 7) is 9.41. The van der Waals surface area contributed by atoms with Crippen LogP contribution in [0.1, 0.15) is 73.1 Å². The van der Waals surface area contributed by atoms with Crippen molar-refractivity contribution in [2.45, 2.75) is 158 Å². The summed E-state index contributed by atoms with van der Waals surface area (Å²) in [5.41, 5.74) is -3.07. The number of ether oxygens (including phenoxy) is 6. The smallest absolute Gasteiger partial charge is 0.394 e. The van der Waals surface area contributed by atoms with Crippen molar-refractivity contribution in [3.8, 4) is 0 Å². The van der Waals surface area contributed by atoms with Crippen molar-refractivity contribution in [3.05, 3.63) is 12.2 Å². The number of fused-ring (bicyclic) bond motifs is 5. The first-order valence-corrected chi connectivity index (χ1v) is 22.8. The van der Waals surface area contributed by atoms with Gasteiger partial charge in [0, 0.05) is 38.4 Å². The van der Waals surface area contributed by atoms with Crippen LogP contribution in [0.4, 0.5) is 0 Å². The van der Waals surface area contributed by atoms with Gasteiger partial charge in [-0.05, 0) is 66.6 Å². The lowest BCUT2D eigenvalue weighted by atomic mass is 9.41. The molecule has 2 heterocycles. The first-order valence-electron chi connectivity index (χ1n) is 21.4. The summed E-state index contributed by atoms with van der Waals surface area (Å²) in [6.07, 6.45) is -9.22. The SMILES string of the molecule is CO[C@H]1[C@H](O[C@H]2[C@H](OC[C@@H](/C=C/[C@@H](C)[C@H]3C[C@@H](O)[C@@H]4[C@]3(C)CC[C@@H]3[C@@]5(C)CC[C@H](O)[C@H](O)[C@@H]5[C@@H](OS(=O)(=O)O)C[C@]34O)C(C)C)O[C@@H]([C@H](O)CO)[C@@H]2O)OC[C@@H](OC)[C@@H]1O. The molecule has 0 bridgehead atoms. The standard InChI is InChI=1S/C41H70O18S/c1-19(2)21(17-55-38-35(32(48)33(57-38)25(45)16-42)58-37-34(54-7)31(47)27(53-6)18-56-37)9-8-20(3)22-14-24(44)36-39(22,4)13-11-28-40(5)12-10-23(43)30(46)29(40)26(15-41(28,36)49)59-60(50,51)52/h8-9,19-38,42-49H,10-18H2,1-7H3,(H,50,51,52)/b9-8+/t20-,21-,22-,23+,24-,25-,26+,27-,28-,29+,30+,31+,32+,33+,34-,35-,36-,37+,38-,39-,40-,41+/m1/s1. The third kappa shape index (κ3) is 8.88. The summed E-state index contributed by atoms with van der Waals surface area (Å²) >= 11 is 0. The molecule has 4 saturated carbocycles. The minimum Gasteiger partial charge on any atom is -0.394 e. The summed E-state index contributed by atoms with van der Waals surface area (Å²) < 4.78 is 74.1. The number of methoxy groups -OCH3 is 2. The van der Waals surface area contributed by atoms with E-state index >= 15 is 0 Å². The van der Waals surface area contributed by atoms with Crippen molar-refractivity contribution in [3.63, 3.8) is 0 Å². The van der Waals surface area contributed by atoms with E-state index in [9.17, 15) is 53.8 Å². The average Bonchev–Trinajstić information content (AvgIpc) is 3.63. The lowest BCUT2D eigenvalue weighted by Gasteiger charge is -2.66. The van der Waals surface area contributed by atoms with Crippen LogP contribution >= 0.6 is 0 Å². The Bertz CT molecular complexity index is 1590. The van der Waals surface area contributed by atoms with Crippen LogP contribution in [0.2, 0.25) is 0 Å². The van der Waals surface area contributed by atoms with Crippen molar-refractivity contribution in [2.24, 2.45) is 52.3 Å². The Hall–Kier alpha value is -0.950. The second-order valence-corrected chi connectivity index (χ2v) is 20.4. The Kier molecular flexibility index (Phi) is 15.0. The first kappa shape index (κ1) is 48.5. The molecular weight excluding hydrogens is 813 g/mol. The summed E-state index contributed by atoms with van der Waals surface area (Å²) in [5, 5.41) is 88.7. The highest BCUT2D eigenvalue weighted by Crippen LogP contribution is 2.70. The maximum atomic E-state index is 12.9. The monoisotopic (exact) mass is 882 g/mol. The highest BCUT2D eigenvalue weighted by Gasteiger charge is 2.72. The molecule has 6 rings (SSSR count). The fourth-order valence-electron chi connectivity index (χ4n) is 12.6. The van der Waals surface area contributed by atoms with Gasteiger partial charge in [-0.3, -0.25) is 4.55 Å². The summed E-state index contributed by atoms with van der Waals surface area (Å²) in [7, 11) is -2.20. The van der Waals surface area contributed by atoms with Gasteiger partial charge in [0.2, 0.25) is 0 Å². The number of rotatable bonds is 15. The molecule has 0 radical (unpaired) electrons. The van der Waals surface area contributed by atoms with Crippen LogP contribution < -0.4 is 0 Å². The minimum absolute atomic E-state index is 0.0197. The lowest BCUT2D eigenvalue weighted by Crippen LogP contribution is -2.71. The average molecular weight is 883 g/mol. The van der Waals surface area contributed by atoms with E-state index in [-0.39, 0.29) is 49.7 Å². The van der Waals surface area contributed by atoms with E-state index < -0.39 is 131 Å². The van der Waals surface area contributed by atoms with Gasteiger partial charge in [-0.1, -0.05) is 46.8 Å². The molecule has 2 saturated heterocycles. The van der Waals surface area contributed by atoms with Gasteiger partial charge in [-0.15, -0.1) is 0 Å². The van der Waals surface area contributed by atoms with Crippen molar-refractivity contribution < 1.29 is 86.4 Å². The van der Waals surface area contributed by atoms with Gasteiger partial charge in [0.25, 0.3) is 0 Å². The van der Waals surface area contributed by atoms with E-state index in [0.717, 1.165) is 0 Å². The predicted molar refractivity (Wildman–Crippen MR) is 210 cm³/mol. The molecule has 0 amide bonds. The third-order valence-corrected chi connectivity index (χ3v) is 16.2. The zero-order valence-corrected chi connectivity index (χ0v) is 36.5. The molecule has 9 N–H and O–H groups in total. The Labute approximate surface area is 353 Å². The summed E-state index contributed by atoms with van der Waals surface area (Å²) in [4.78, 5) is 0. The van der Waals surface area contributed by atoms with Crippen molar-refractivity contribution >= 4 is 10.4 Å². The highest BCUT2D eigenvalue weighted by atomic mass is 32.3. The maximum absolute atomic E-state index is 12.9. The van der Waals surface area contributed by atoms with E-state index in [2.05, 4.69) is 19.9 Å². The molecule has 0 unspecified atom stereocenters. The third-order valence-electron chi connectivity index (χ3n) is 15.7. The Morgan fingerprint density at radius 2 is 1.55 bits per heavy atom. The van der Waals surface area contributed by atoms with Gasteiger partial charge in [0.15, 0.2) is 12.6 Å². The molecule has 6 fully saturated rings. The van der Waals surface area contributed by atoms with Crippen LogP contribution in [0.5, 0.6) is 0 Å². The molecular formula is C41H70O18S. The molecule has 19 heteroatoms. The molecule has 18 nitrogen and oxygen atoms in total. The van der Waals surface area contributed by atoms with E-state index in [1.54, 1.807) is 0 Å². The normalized spacial score (nSPS) is 48.8. The van der Waals surface area contributed by atoms with E-state index in [0.29, 0.717) is 25.7 Å². The lowest BCUT2D eigenvalue weighted by molar-refractivity contribution is -0.310. The summed E-state index contributed by atoms with van der Waals surface area (Å²) in [6, 6.07) is 0. The molecule has 60 heavy (non-hydrogen) atoms. The van der Waals surface area contributed by atoms with Gasteiger partial charge >= 0.3 is 10.4 Å². The maximum Gasteiger partial charge on any atom is 0.397 e. The Balaban J connectivity index is 1.18. The number of aliphatic hydroxyl groups is 8. The number of hydrogen-bond acceptors (Lipinski definition) is 17. The fourth-order valence-corrected chi connectivity index (χ4v) is 13.1. The van der Waals surface area contributed by atoms with Gasteiger partial charge in [-0.25, -0.2) is 4.18 Å². The van der Waals surface area contributed by atoms with Gasteiger partial charge < -0.3 is 69.3 Å². The Morgan fingerprint density at radius 3 is 2.17 bits per heavy atom. The number of allylic oxidation sites excluding steroid dienone is 1. The molecule has 4 aliphatic carbocycles. The van der Waals surface area contributed by atoms with Gasteiger partial charge in [0.1, 0.15) is 42.7 Å². The molecule has 348 valence electrons. The first-order chi connectivity index (χ1) is 28.1. The van der Waals surface area contributed by atoms with Crippen LogP contribution in [0.3, 0.4) is 0 Å². The van der Waals surface area contributed by atoms with Crippen LogP contribution in [0.25, 0.3) is 0 Å². The second-order valence-electron chi connectivity index (χ2n) is 19.3. The molecule has 6 aliphatic rings. The fraction of sp³-hybridized carbons (Fsp3) is 0.951.